The second-order valence-electron chi connectivity index (χ2n) is 7.73. The van der Waals surface area contributed by atoms with Gasteiger partial charge in [0.05, 0.1) is 9.50 Å². The molecule has 0 atom stereocenters. The maximum Gasteiger partial charge on any atom is 0.266 e. The van der Waals surface area contributed by atoms with Crippen molar-refractivity contribution in [2.75, 3.05) is 5.32 Å². The number of halogens is 2. The molecule has 0 saturated carbocycles. The third-order valence-corrected chi connectivity index (χ3v) is 6.13. The van der Waals surface area contributed by atoms with Crippen LogP contribution in [0.25, 0.3) is 16.8 Å². The zero-order chi connectivity index (χ0) is 24.1. The lowest BCUT2D eigenvalue weighted by atomic mass is 10.1. The van der Waals surface area contributed by atoms with Gasteiger partial charge in [-0.15, -0.1) is 0 Å². The lowest BCUT2D eigenvalue weighted by Gasteiger charge is -2.13. The first-order chi connectivity index (χ1) is 16.4. The molecule has 1 amide bonds. The molecule has 4 rings (SSSR count). The van der Waals surface area contributed by atoms with Gasteiger partial charge in [-0.05, 0) is 75.1 Å². The topological polar surface area (TPSA) is 62.1 Å². The molecule has 0 radical (unpaired) electrons. The van der Waals surface area contributed by atoms with Crippen molar-refractivity contribution < 1.29 is 9.53 Å². The van der Waals surface area contributed by atoms with Crippen molar-refractivity contribution in [3.8, 4) is 11.8 Å². The lowest BCUT2D eigenvalue weighted by molar-refractivity contribution is -0.112. The molecule has 0 unspecified atom stereocenters. The molecule has 4 aromatic rings. The smallest absolute Gasteiger partial charge is 0.266 e. The molecule has 34 heavy (non-hydrogen) atoms. The highest BCUT2D eigenvalue weighted by Gasteiger charge is 2.13. The summed E-state index contributed by atoms with van der Waals surface area (Å²) in [7, 11) is 0. The van der Waals surface area contributed by atoms with E-state index in [0.717, 1.165) is 21.9 Å². The summed E-state index contributed by atoms with van der Waals surface area (Å²) >= 11 is 10.0. The summed E-state index contributed by atoms with van der Waals surface area (Å²) in [5, 5.41) is 14.9. The van der Waals surface area contributed by atoms with Crippen molar-refractivity contribution in [2.45, 2.75) is 13.5 Å². The highest BCUT2D eigenvalue weighted by Crippen LogP contribution is 2.36. The molecule has 4 aromatic carbocycles. The summed E-state index contributed by atoms with van der Waals surface area (Å²) < 4.78 is 6.67. The number of anilines is 1. The summed E-state index contributed by atoms with van der Waals surface area (Å²) in [6.07, 6.45) is 1.49. The molecular formula is C28H20BrClN2O2. The summed E-state index contributed by atoms with van der Waals surface area (Å²) in [5.74, 6) is 0.00393. The van der Waals surface area contributed by atoms with Crippen LogP contribution in [-0.4, -0.2) is 5.91 Å². The van der Waals surface area contributed by atoms with E-state index >= 15 is 0 Å². The molecule has 0 aliphatic heterocycles. The number of amides is 1. The Morgan fingerprint density at radius 3 is 2.56 bits per heavy atom. The van der Waals surface area contributed by atoms with E-state index in [-0.39, 0.29) is 5.57 Å². The molecule has 0 aromatic heterocycles. The Labute approximate surface area is 211 Å². The number of carbonyl (C=O) groups is 1. The zero-order valence-electron chi connectivity index (χ0n) is 18.3. The Kier molecular flexibility index (Phi) is 7.32. The van der Waals surface area contributed by atoms with Gasteiger partial charge >= 0.3 is 0 Å². The summed E-state index contributed by atoms with van der Waals surface area (Å²) in [5.41, 5.74) is 3.31. The Balaban J connectivity index is 1.53. The van der Waals surface area contributed by atoms with Gasteiger partial charge in [-0.2, -0.15) is 5.26 Å². The van der Waals surface area contributed by atoms with Crippen LogP contribution in [0.15, 0.2) is 88.9 Å². The van der Waals surface area contributed by atoms with E-state index in [4.69, 9.17) is 16.3 Å². The minimum atomic E-state index is -0.491. The molecule has 0 saturated heterocycles. The van der Waals surface area contributed by atoms with Gasteiger partial charge in [-0.25, -0.2) is 0 Å². The predicted molar refractivity (Wildman–Crippen MR) is 141 cm³/mol. The lowest BCUT2D eigenvalue weighted by Crippen LogP contribution is -2.13. The molecular weight excluding hydrogens is 512 g/mol. The molecule has 6 heteroatoms. The van der Waals surface area contributed by atoms with Crippen LogP contribution < -0.4 is 10.1 Å². The standard InChI is InChI=1S/C28H20BrClN2O2/c1-18-9-11-23(12-10-18)32-28(33)22(16-31)13-19-14-25(29)27(26(30)15-19)34-17-21-7-4-6-20-5-2-3-8-24(20)21/h2-15H,17H2,1H3,(H,32,33)/b22-13-. The number of nitrogens with zero attached hydrogens (tertiary/aromatic N) is 1. The first-order valence-corrected chi connectivity index (χ1v) is 11.7. The minimum Gasteiger partial charge on any atom is -0.486 e. The number of carbonyl (C=O) groups excluding carboxylic acids is 1. The van der Waals surface area contributed by atoms with Gasteiger partial charge in [0, 0.05) is 5.69 Å². The number of hydrogen-bond acceptors (Lipinski definition) is 3. The predicted octanol–water partition coefficient (Wildman–Crippen LogP) is 7.69. The van der Waals surface area contributed by atoms with Crippen molar-refractivity contribution in [1.29, 1.82) is 5.26 Å². The van der Waals surface area contributed by atoms with Gasteiger partial charge in [0.15, 0.2) is 5.75 Å². The van der Waals surface area contributed by atoms with Crippen molar-refractivity contribution in [3.05, 3.63) is 111 Å². The van der Waals surface area contributed by atoms with E-state index in [2.05, 4.69) is 39.4 Å². The largest absolute Gasteiger partial charge is 0.486 e. The minimum absolute atomic E-state index is 0.0343. The van der Waals surface area contributed by atoms with Crippen LogP contribution in [0, 0.1) is 18.3 Å². The van der Waals surface area contributed by atoms with Crippen molar-refractivity contribution >= 4 is 56.0 Å². The first-order valence-electron chi connectivity index (χ1n) is 10.5. The van der Waals surface area contributed by atoms with Crippen molar-refractivity contribution in [2.24, 2.45) is 0 Å². The number of nitrogens with one attached hydrogen (secondary N) is 1. The van der Waals surface area contributed by atoms with Gasteiger partial charge in [0.25, 0.3) is 5.91 Å². The number of ether oxygens (including phenoxy) is 1. The quantitative estimate of drug-likeness (QED) is 0.205. The molecule has 0 spiro atoms. The summed E-state index contributed by atoms with van der Waals surface area (Å²) in [6.45, 7) is 2.31. The fourth-order valence-electron chi connectivity index (χ4n) is 3.52. The zero-order valence-corrected chi connectivity index (χ0v) is 20.7. The van der Waals surface area contributed by atoms with Crippen molar-refractivity contribution in [1.82, 2.24) is 0 Å². The molecule has 168 valence electrons. The van der Waals surface area contributed by atoms with Gasteiger partial charge in [-0.3, -0.25) is 4.79 Å². The number of hydrogen-bond donors (Lipinski definition) is 1. The summed E-state index contributed by atoms with van der Waals surface area (Å²) in [6, 6.07) is 26.9. The van der Waals surface area contributed by atoms with Gasteiger partial charge in [0.2, 0.25) is 0 Å². The molecule has 4 nitrogen and oxygen atoms in total. The normalized spacial score (nSPS) is 11.2. The molecule has 0 bridgehead atoms. The van der Waals surface area contributed by atoms with E-state index in [9.17, 15) is 10.1 Å². The SMILES string of the molecule is Cc1ccc(NC(=O)/C(C#N)=C\c2cc(Cl)c(OCc3cccc4ccccc34)c(Br)c2)cc1. The number of rotatable bonds is 6. The van der Waals surface area contributed by atoms with Crippen LogP contribution in [-0.2, 0) is 11.4 Å². The Hall–Kier alpha value is -3.59. The monoisotopic (exact) mass is 530 g/mol. The van der Waals surface area contributed by atoms with E-state index < -0.39 is 5.91 Å². The summed E-state index contributed by atoms with van der Waals surface area (Å²) in [4.78, 5) is 12.6. The number of benzene rings is 4. The van der Waals surface area contributed by atoms with Gasteiger partial charge in [-0.1, -0.05) is 71.8 Å². The molecule has 1 N–H and O–H groups in total. The van der Waals surface area contributed by atoms with E-state index in [1.807, 2.05) is 49.4 Å². The fourth-order valence-corrected chi connectivity index (χ4v) is 4.51. The maximum absolute atomic E-state index is 12.6. The van der Waals surface area contributed by atoms with E-state index in [1.54, 1.807) is 24.3 Å². The van der Waals surface area contributed by atoms with Crippen LogP contribution in [0.3, 0.4) is 0 Å². The Morgan fingerprint density at radius 2 is 1.82 bits per heavy atom. The second kappa shape index (κ2) is 10.6. The second-order valence-corrected chi connectivity index (χ2v) is 8.99. The molecule has 0 aliphatic carbocycles. The van der Waals surface area contributed by atoms with Gasteiger partial charge in [0.1, 0.15) is 18.2 Å². The average molecular weight is 532 g/mol. The van der Waals surface area contributed by atoms with Crippen LogP contribution in [0.4, 0.5) is 5.69 Å². The third kappa shape index (κ3) is 5.48. The number of nitriles is 1. The van der Waals surface area contributed by atoms with Gasteiger partial charge < -0.3 is 10.1 Å². The van der Waals surface area contributed by atoms with Crippen LogP contribution in [0.2, 0.25) is 5.02 Å². The Morgan fingerprint density at radius 1 is 1.09 bits per heavy atom. The van der Waals surface area contributed by atoms with E-state index in [0.29, 0.717) is 33.1 Å². The highest BCUT2D eigenvalue weighted by molar-refractivity contribution is 9.10. The average Bonchev–Trinajstić information content (AvgIpc) is 2.83. The Bertz CT molecular complexity index is 1410. The third-order valence-electron chi connectivity index (χ3n) is 5.26. The van der Waals surface area contributed by atoms with E-state index in [1.165, 1.54) is 6.08 Å². The highest BCUT2D eigenvalue weighted by atomic mass is 79.9. The van der Waals surface area contributed by atoms with Crippen LogP contribution >= 0.6 is 27.5 Å². The number of aryl methyl sites for hydroxylation is 1. The molecule has 0 fully saturated rings. The van der Waals surface area contributed by atoms with Crippen molar-refractivity contribution in [3.63, 3.8) is 0 Å². The fraction of sp³-hybridized carbons (Fsp3) is 0.0714. The first kappa shape index (κ1) is 23.6. The number of fused-ring (bicyclic) bond motifs is 1. The maximum atomic E-state index is 12.6. The van der Waals surface area contributed by atoms with Crippen LogP contribution in [0.1, 0.15) is 16.7 Å². The van der Waals surface area contributed by atoms with Crippen LogP contribution in [0.5, 0.6) is 5.75 Å². The molecule has 0 aliphatic rings. The molecule has 0 heterocycles.